The highest BCUT2D eigenvalue weighted by Crippen LogP contribution is 2.58. The van der Waals surface area contributed by atoms with Crippen molar-refractivity contribution in [1.82, 2.24) is 0 Å². The summed E-state index contributed by atoms with van der Waals surface area (Å²) >= 11 is 0. The first-order chi connectivity index (χ1) is 7.16. The number of ether oxygens (including phenoxy) is 2. The van der Waals surface area contributed by atoms with Crippen molar-refractivity contribution in [1.29, 1.82) is 0 Å². The Balaban J connectivity index is 1.64. The summed E-state index contributed by atoms with van der Waals surface area (Å²) in [6.07, 6.45) is 7.88. The van der Waals surface area contributed by atoms with Crippen molar-refractivity contribution >= 4 is 5.97 Å². The molecule has 2 saturated carbocycles. The van der Waals surface area contributed by atoms with Gasteiger partial charge in [-0.25, -0.2) is 4.79 Å². The number of rotatable bonds is 2. The van der Waals surface area contributed by atoms with Crippen molar-refractivity contribution in [2.75, 3.05) is 0 Å². The quantitative estimate of drug-likeness (QED) is 0.518. The van der Waals surface area contributed by atoms with Crippen LogP contribution >= 0.6 is 0 Å². The van der Waals surface area contributed by atoms with Crippen LogP contribution in [0.1, 0.15) is 51.9 Å². The van der Waals surface area contributed by atoms with E-state index in [-0.39, 0.29) is 17.7 Å². The molecule has 0 aromatic rings. The summed E-state index contributed by atoms with van der Waals surface area (Å²) in [6.45, 7) is 1.90. The maximum atomic E-state index is 11.9. The third-order valence-electron chi connectivity index (χ3n) is 4.35. The molecule has 15 heavy (non-hydrogen) atoms. The highest BCUT2D eigenvalue weighted by atomic mass is 16.7. The Bertz CT molecular complexity index is 289. The molecule has 1 aliphatic heterocycles. The summed E-state index contributed by atoms with van der Waals surface area (Å²) in [5.41, 5.74) is -0.757. The summed E-state index contributed by atoms with van der Waals surface area (Å²) in [6, 6.07) is 0. The smallest absolute Gasteiger partial charge is 0.341 e. The van der Waals surface area contributed by atoms with Gasteiger partial charge < -0.3 is 9.47 Å². The van der Waals surface area contributed by atoms with Crippen LogP contribution < -0.4 is 0 Å². The van der Waals surface area contributed by atoms with Crippen LogP contribution in [0.2, 0.25) is 0 Å². The average molecular weight is 210 g/mol. The van der Waals surface area contributed by atoms with Gasteiger partial charge in [-0.2, -0.15) is 0 Å². The summed E-state index contributed by atoms with van der Waals surface area (Å²) < 4.78 is 11.1. The highest BCUT2D eigenvalue weighted by molar-refractivity contribution is 5.84. The average Bonchev–Trinajstić information content (AvgIpc) is 2.56. The molecule has 0 N–H and O–H groups in total. The van der Waals surface area contributed by atoms with E-state index >= 15 is 0 Å². The number of esters is 1. The van der Waals surface area contributed by atoms with Crippen molar-refractivity contribution < 1.29 is 14.3 Å². The lowest BCUT2D eigenvalue weighted by atomic mass is 9.92. The van der Waals surface area contributed by atoms with Crippen LogP contribution in [0, 0.1) is 0 Å². The molecule has 1 atom stereocenters. The van der Waals surface area contributed by atoms with Crippen molar-refractivity contribution in [3.63, 3.8) is 0 Å². The first-order valence-electron chi connectivity index (χ1n) is 6.08. The predicted octanol–water partition coefficient (Wildman–Crippen LogP) is 2.18. The molecule has 0 bridgehead atoms. The minimum Gasteiger partial charge on any atom is -0.460 e. The first kappa shape index (κ1) is 9.64. The van der Waals surface area contributed by atoms with Gasteiger partial charge in [-0.3, -0.25) is 0 Å². The lowest BCUT2D eigenvalue weighted by Crippen LogP contribution is -2.36. The molecule has 0 amide bonds. The third kappa shape index (κ3) is 1.25. The minimum absolute atomic E-state index is 0.117. The third-order valence-corrected chi connectivity index (χ3v) is 4.35. The van der Waals surface area contributed by atoms with E-state index in [0.717, 1.165) is 25.7 Å². The molecule has 1 heterocycles. The van der Waals surface area contributed by atoms with E-state index in [1.165, 1.54) is 19.3 Å². The fourth-order valence-electron chi connectivity index (χ4n) is 2.87. The van der Waals surface area contributed by atoms with Crippen molar-refractivity contribution in [2.45, 2.75) is 69.2 Å². The Morgan fingerprint density at radius 2 is 1.93 bits per heavy atom. The maximum Gasteiger partial charge on any atom is 0.341 e. The molecule has 3 fully saturated rings. The lowest BCUT2D eigenvalue weighted by molar-refractivity contribution is -0.158. The number of carbonyl (C=O) groups is 1. The summed E-state index contributed by atoms with van der Waals surface area (Å²) in [7, 11) is 0. The zero-order valence-corrected chi connectivity index (χ0v) is 9.25. The zero-order chi connectivity index (χ0) is 10.5. The molecule has 0 aromatic heterocycles. The van der Waals surface area contributed by atoms with Crippen LogP contribution in [0.3, 0.4) is 0 Å². The van der Waals surface area contributed by atoms with Gasteiger partial charge >= 0.3 is 5.97 Å². The zero-order valence-electron chi connectivity index (χ0n) is 9.25. The maximum absolute atomic E-state index is 11.9. The van der Waals surface area contributed by atoms with Gasteiger partial charge in [-0.15, -0.1) is 0 Å². The molecule has 1 saturated heterocycles. The van der Waals surface area contributed by atoms with E-state index < -0.39 is 5.60 Å². The van der Waals surface area contributed by atoms with Gasteiger partial charge in [0.25, 0.3) is 0 Å². The molecule has 3 nitrogen and oxygen atoms in total. The van der Waals surface area contributed by atoms with E-state index in [0.29, 0.717) is 0 Å². The molecule has 0 radical (unpaired) electrons. The Hall–Kier alpha value is -0.570. The van der Waals surface area contributed by atoms with Gasteiger partial charge in [-0.05, 0) is 39.0 Å². The molecule has 3 heteroatoms. The first-order valence-corrected chi connectivity index (χ1v) is 6.08. The number of carbonyl (C=O) groups excluding carboxylic acids is 1. The predicted molar refractivity (Wildman–Crippen MR) is 54.4 cm³/mol. The molecule has 1 spiro atoms. The second-order valence-electron chi connectivity index (χ2n) is 5.29. The Kier molecular flexibility index (Phi) is 1.91. The molecule has 84 valence electrons. The lowest BCUT2D eigenvalue weighted by Gasteiger charge is -2.26. The molecule has 1 unspecified atom stereocenters. The molecular weight excluding hydrogens is 192 g/mol. The molecule has 0 aromatic carbocycles. The summed E-state index contributed by atoms with van der Waals surface area (Å²) in [5.74, 6) is -0.117. The number of epoxide rings is 1. The van der Waals surface area contributed by atoms with Crippen LogP contribution in [-0.2, 0) is 14.3 Å². The largest absolute Gasteiger partial charge is 0.460 e. The fraction of sp³-hybridized carbons (Fsp3) is 0.917. The molecular formula is C12H18O3. The van der Waals surface area contributed by atoms with E-state index in [9.17, 15) is 4.79 Å². The standard InChI is InChI=1S/C12H18O3/c1-11(10(13)14-9-5-4-6-9)12(15-11)7-2-3-8-12/h9H,2-8H2,1H3. The monoisotopic (exact) mass is 210 g/mol. The van der Waals surface area contributed by atoms with Crippen LogP contribution in [0.4, 0.5) is 0 Å². The Morgan fingerprint density at radius 3 is 2.47 bits per heavy atom. The topological polar surface area (TPSA) is 38.8 Å². The molecule has 2 aliphatic carbocycles. The van der Waals surface area contributed by atoms with Crippen LogP contribution in [0.25, 0.3) is 0 Å². The van der Waals surface area contributed by atoms with Gasteiger partial charge in [0.1, 0.15) is 11.7 Å². The summed E-state index contributed by atoms with van der Waals surface area (Å²) in [4.78, 5) is 11.9. The van der Waals surface area contributed by atoms with Crippen molar-refractivity contribution in [3.05, 3.63) is 0 Å². The van der Waals surface area contributed by atoms with Gasteiger partial charge in [0.05, 0.1) is 0 Å². The van der Waals surface area contributed by atoms with Gasteiger partial charge in [0.2, 0.25) is 0 Å². The Morgan fingerprint density at radius 1 is 1.27 bits per heavy atom. The SMILES string of the molecule is CC1(C(=O)OC2CCC2)OC12CCCC2. The number of hydrogen-bond donors (Lipinski definition) is 0. The van der Waals surface area contributed by atoms with Gasteiger partial charge in [0, 0.05) is 0 Å². The van der Waals surface area contributed by atoms with Crippen molar-refractivity contribution in [2.24, 2.45) is 0 Å². The molecule has 3 rings (SSSR count). The van der Waals surface area contributed by atoms with Gasteiger partial charge in [-0.1, -0.05) is 12.8 Å². The second-order valence-corrected chi connectivity index (χ2v) is 5.29. The van der Waals surface area contributed by atoms with E-state index in [1.54, 1.807) is 0 Å². The van der Waals surface area contributed by atoms with Crippen LogP contribution in [-0.4, -0.2) is 23.3 Å². The van der Waals surface area contributed by atoms with E-state index in [1.807, 2.05) is 6.92 Å². The van der Waals surface area contributed by atoms with E-state index in [2.05, 4.69) is 0 Å². The normalized spacial score (nSPS) is 37.7. The number of hydrogen-bond acceptors (Lipinski definition) is 3. The summed E-state index contributed by atoms with van der Waals surface area (Å²) in [5, 5.41) is 0. The van der Waals surface area contributed by atoms with Crippen LogP contribution in [0.15, 0.2) is 0 Å². The minimum atomic E-state index is -0.612. The second kappa shape index (κ2) is 2.97. The van der Waals surface area contributed by atoms with Crippen LogP contribution in [0.5, 0.6) is 0 Å². The molecule has 3 aliphatic rings. The van der Waals surface area contributed by atoms with E-state index in [4.69, 9.17) is 9.47 Å². The fourth-order valence-corrected chi connectivity index (χ4v) is 2.87. The Labute approximate surface area is 90.1 Å². The van der Waals surface area contributed by atoms with Gasteiger partial charge in [0.15, 0.2) is 5.60 Å². The van der Waals surface area contributed by atoms with Crippen molar-refractivity contribution in [3.8, 4) is 0 Å². The highest BCUT2D eigenvalue weighted by Gasteiger charge is 2.72.